The van der Waals surface area contributed by atoms with Crippen LogP contribution in [-0.2, 0) is 0 Å². The minimum absolute atomic E-state index is 0.223. The summed E-state index contributed by atoms with van der Waals surface area (Å²) in [6.07, 6.45) is 1.81. The lowest BCUT2D eigenvalue weighted by atomic mass is 9.86. The quantitative estimate of drug-likeness (QED) is 0.582. The van der Waals surface area contributed by atoms with Crippen LogP contribution in [0, 0.1) is 16.0 Å². The molecule has 104 valence electrons. The average Bonchev–Trinajstić information content (AvgIpc) is 2.41. The van der Waals surface area contributed by atoms with E-state index < -0.39 is 11.0 Å². The second-order valence-electron chi connectivity index (χ2n) is 4.73. The fourth-order valence-electron chi connectivity index (χ4n) is 2.46. The van der Waals surface area contributed by atoms with E-state index >= 15 is 0 Å². The molecule has 0 saturated carbocycles. The van der Waals surface area contributed by atoms with Gasteiger partial charge in [-0.2, -0.15) is 0 Å². The van der Waals surface area contributed by atoms with Crippen LogP contribution in [0.15, 0.2) is 16.6 Å². The molecule has 6 nitrogen and oxygen atoms in total. The number of rotatable bonds is 3. The van der Waals surface area contributed by atoms with Crippen molar-refractivity contribution in [2.45, 2.75) is 18.9 Å². The van der Waals surface area contributed by atoms with Gasteiger partial charge in [0.15, 0.2) is 5.75 Å². The van der Waals surface area contributed by atoms with Crippen LogP contribution in [-0.4, -0.2) is 23.1 Å². The molecule has 1 atom stereocenters. The lowest BCUT2D eigenvalue weighted by Crippen LogP contribution is -2.33. The zero-order valence-corrected chi connectivity index (χ0v) is 11.9. The first-order valence-electron chi connectivity index (χ1n) is 6.13. The summed E-state index contributed by atoms with van der Waals surface area (Å²) in [6.45, 7) is 1.77. The third kappa shape index (κ3) is 3.05. The number of aromatic hydroxyl groups is 1. The Morgan fingerprint density at radius 1 is 1.47 bits per heavy atom. The summed E-state index contributed by atoms with van der Waals surface area (Å²) in [4.78, 5) is 10.3. The summed E-state index contributed by atoms with van der Waals surface area (Å²) < 4.78 is 0.552. The Morgan fingerprint density at radius 3 is 2.68 bits per heavy atom. The first-order chi connectivity index (χ1) is 9.00. The zero-order chi connectivity index (χ0) is 14.0. The first-order valence-corrected chi connectivity index (χ1v) is 6.93. The van der Waals surface area contributed by atoms with Crippen molar-refractivity contribution in [3.8, 4) is 5.75 Å². The van der Waals surface area contributed by atoms with Crippen LogP contribution >= 0.6 is 15.9 Å². The molecule has 0 amide bonds. The summed E-state index contributed by atoms with van der Waals surface area (Å²) >= 11 is 3.22. The fraction of sp³-hybridized carbons (Fsp3) is 0.500. The summed E-state index contributed by atoms with van der Waals surface area (Å²) in [6, 6.07) is 2.56. The van der Waals surface area contributed by atoms with E-state index in [1.165, 1.54) is 6.07 Å². The highest BCUT2D eigenvalue weighted by Gasteiger charge is 2.28. The number of hydrogen-bond donors (Lipinski definition) is 3. The van der Waals surface area contributed by atoms with Gasteiger partial charge < -0.3 is 16.2 Å². The normalized spacial score (nSPS) is 18.2. The number of nitrogens with two attached hydrogens (primary N) is 1. The van der Waals surface area contributed by atoms with Gasteiger partial charge in [-0.15, -0.1) is 0 Å². The average molecular weight is 330 g/mol. The SMILES string of the molecule is N[C@@H](c1cc(Br)cc([N+](=O)[O-])c1O)C1CCNCC1. The number of piperidine rings is 1. The molecule has 1 aromatic carbocycles. The van der Waals surface area contributed by atoms with Gasteiger partial charge in [0, 0.05) is 22.1 Å². The maximum Gasteiger partial charge on any atom is 0.312 e. The van der Waals surface area contributed by atoms with E-state index in [2.05, 4.69) is 21.2 Å². The molecule has 4 N–H and O–H groups in total. The summed E-state index contributed by atoms with van der Waals surface area (Å²) in [7, 11) is 0. The Morgan fingerprint density at radius 2 is 2.11 bits per heavy atom. The van der Waals surface area contributed by atoms with Gasteiger partial charge in [-0.3, -0.25) is 10.1 Å². The third-order valence-electron chi connectivity index (χ3n) is 3.53. The number of nitro groups is 1. The molecular weight excluding hydrogens is 314 g/mol. The highest BCUT2D eigenvalue weighted by Crippen LogP contribution is 2.39. The monoisotopic (exact) mass is 329 g/mol. The van der Waals surface area contributed by atoms with Gasteiger partial charge >= 0.3 is 5.69 Å². The second kappa shape index (κ2) is 5.85. The van der Waals surface area contributed by atoms with Crippen LogP contribution in [0.4, 0.5) is 5.69 Å². The summed E-state index contributed by atoms with van der Waals surface area (Å²) in [5.41, 5.74) is 6.30. The molecule has 0 aliphatic carbocycles. The van der Waals surface area contributed by atoms with E-state index in [1.54, 1.807) is 6.07 Å². The van der Waals surface area contributed by atoms with Crippen LogP contribution < -0.4 is 11.1 Å². The maximum atomic E-state index is 10.9. The van der Waals surface area contributed by atoms with Crippen molar-refractivity contribution < 1.29 is 10.0 Å². The number of phenolic OH excluding ortho intramolecular Hbond substituents is 1. The van der Waals surface area contributed by atoms with E-state index in [4.69, 9.17) is 5.73 Å². The molecule has 0 spiro atoms. The standard InChI is InChI=1S/C12H16BrN3O3/c13-8-5-9(12(17)10(6-8)16(18)19)11(14)7-1-3-15-4-2-7/h5-7,11,15,17H,1-4,14H2/t11-/m1/s1. The second-order valence-corrected chi connectivity index (χ2v) is 5.65. The predicted molar refractivity (Wildman–Crippen MR) is 75.0 cm³/mol. The third-order valence-corrected chi connectivity index (χ3v) is 3.99. The smallest absolute Gasteiger partial charge is 0.312 e. The van der Waals surface area contributed by atoms with Crippen LogP contribution in [0.2, 0.25) is 0 Å². The molecular formula is C12H16BrN3O3. The fourth-order valence-corrected chi connectivity index (χ4v) is 2.92. The van der Waals surface area contributed by atoms with Crippen molar-refractivity contribution in [2.24, 2.45) is 11.7 Å². The number of nitrogens with one attached hydrogen (secondary N) is 1. The lowest BCUT2D eigenvalue weighted by molar-refractivity contribution is -0.386. The highest BCUT2D eigenvalue weighted by atomic mass is 79.9. The highest BCUT2D eigenvalue weighted by molar-refractivity contribution is 9.10. The first kappa shape index (κ1) is 14.2. The van der Waals surface area contributed by atoms with Crippen molar-refractivity contribution in [3.63, 3.8) is 0 Å². The van der Waals surface area contributed by atoms with E-state index in [9.17, 15) is 15.2 Å². The zero-order valence-electron chi connectivity index (χ0n) is 10.3. The minimum Gasteiger partial charge on any atom is -0.502 e. The number of halogens is 1. The van der Waals surface area contributed by atoms with Crippen LogP contribution in [0.3, 0.4) is 0 Å². The van der Waals surface area contributed by atoms with Crippen LogP contribution in [0.25, 0.3) is 0 Å². The number of nitrogens with zero attached hydrogens (tertiary/aromatic N) is 1. The molecule has 2 rings (SSSR count). The van der Waals surface area contributed by atoms with Gasteiger partial charge in [-0.05, 0) is 37.9 Å². The summed E-state index contributed by atoms with van der Waals surface area (Å²) in [5, 5.41) is 24.2. The Labute approximate surface area is 119 Å². The molecule has 1 aromatic rings. The molecule has 1 aliphatic rings. The molecule has 1 fully saturated rings. The van der Waals surface area contributed by atoms with Gasteiger partial charge in [-0.25, -0.2) is 0 Å². The van der Waals surface area contributed by atoms with E-state index in [0.29, 0.717) is 10.0 Å². The van der Waals surface area contributed by atoms with Gasteiger partial charge in [-0.1, -0.05) is 15.9 Å². The molecule has 19 heavy (non-hydrogen) atoms. The van der Waals surface area contributed by atoms with Crippen molar-refractivity contribution >= 4 is 21.6 Å². The Balaban J connectivity index is 2.35. The van der Waals surface area contributed by atoms with E-state index in [0.717, 1.165) is 25.9 Å². The number of hydrogen-bond acceptors (Lipinski definition) is 5. The molecule has 0 unspecified atom stereocenters. The molecule has 0 bridgehead atoms. The largest absolute Gasteiger partial charge is 0.502 e. The molecule has 1 heterocycles. The molecule has 1 saturated heterocycles. The van der Waals surface area contributed by atoms with Crippen LogP contribution in [0.5, 0.6) is 5.75 Å². The van der Waals surface area contributed by atoms with Crippen molar-refractivity contribution in [3.05, 3.63) is 32.3 Å². The molecule has 0 aromatic heterocycles. The van der Waals surface area contributed by atoms with Crippen molar-refractivity contribution in [2.75, 3.05) is 13.1 Å². The van der Waals surface area contributed by atoms with Gasteiger partial charge in [0.1, 0.15) is 0 Å². The molecule has 0 radical (unpaired) electrons. The van der Waals surface area contributed by atoms with E-state index in [-0.39, 0.29) is 17.4 Å². The number of phenols is 1. The Kier molecular flexibility index (Phi) is 4.38. The van der Waals surface area contributed by atoms with Gasteiger partial charge in [0.05, 0.1) is 4.92 Å². The van der Waals surface area contributed by atoms with Gasteiger partial charge in [0.2, 0.25) is 0 Å². The number of benzene rings is 1. The lowest BCUT2D eigenvalue weighted by Gasteiger charge is -2.28. The predicted octanol–water partition coefficient (Wildman–Crippen LogP) is 2.06. The van der Waals surface area contributed by atoms with Gasteiger partial charge in [0.25, 0.3) is 0 Å². The Bertz CT molecular complexity index is 489. The molecule has 7 heteroatoms. The number of nitro benzene ring substituents is 1. The van der Waals surface area contributed by atoms with Crippen molar-refractivity contribution in [1.29, 1.82) is 0 Å². The van der Waals surface area contributed by atoms with Crippen molar-refractivity contribution in [1.82, 2.24) is 5.32 Å². The summed E-state index contributed by atoms with van der Waals surface area (Å²) in [5.74, 6) is -0.0970. The topological polar surface area (TPSA) is 101 Å². The van der Waals surface area contributed by atoms with Crippen LogP contribution in [0.1, 0.15) is 24.4 Å². The van der Waals surface area contributed by atoms with E-state index in [1.807, 2.05) is 0 Å². The maximum absolute atomic E-state index is 10.9. The molecule has 1 aliphatic heterocycles. The minimum atomic E-state index is -0.598. The Hall–Kier alpha value is -1.18.